The third-order valence-corrected chi connectivity index (χ3v) is 3.50. The van der Waals surface area contributed by atoms with E-state index in [4.69, 9.17) is 11.6 Å². The third kappa shape index (κ3) is 4.60. The lowest BCUT2D eigenvalue weighted by atomic mass is 9.98. The van der Waals surface area contributed by atoms with Gasteiger partial charge in [-0.05, 0) is 29.7 Å². The van der Waals surface area contributed by atoms with Crippen molar-refractivity contribution in [2.75, 3.05) is 0 Å². The van der Waals surface area contributed by atoms with Crippen molar-refractivity contribution in [2.45, 2.75) is 19.3 Å². The van der Waals surface area contributed by atoms with Crippen LogP contribution >= 0.6 is 11.6 Å². The molecule has 114 valence electrons. The maximum atomic E-state index is 11.9. The van der Waals surface area contributed by atoms with E-state index in [1.54, 1.807) is 18.2 Å². The smallest absolute Gasteiger partial charge is 0.269 e. The van der Waals surface area contributed by atoms with Crippen molar-refractivity contribution in [1.82, 2.24) is 10.9 Å². The van der Waals surface area contributed by atoms with Crippen molar-refractivity contribution >= 4 is 23.4 Å². The number of amides is 2. The number of hydrogen-bond donors (Lipinski definition) is 2. The second kappa shape index (κ2) is 7.61. The summed E-state index contributed by atoms with van der Waals surface area (Å²) in [7, 11) is 0. The average molecular weight is 317 g/mol. The number of carbonyl (C=O) groups excluding carboxylic acids is 2. The second-order valence-electron chi connectivity index (χ2n) is 5.03. The first-order chi connectivity index (χ1) is 10.6. The Hall–Kier alpha value is -2.33. The molecule has 0 bridgehead atoms. The van der Waals surface area contributed by atoms with Crippen molar-refractivity contribution in [3.05, 3.63) is 70.7 Å². The minimum atomic E-state index is -0.400. The highest BCUT2D eigenvalue weighted by Gasteiger charge is 2.12. The SMILES string of the molecule is C[C@H](CC(=O)NNC(=O)c1cccc(Cl)c1)c1ccccc1. The Morgan fingerprint density at radius 1 is 1.05 bits per heavy atom. The standard InChI is InChI=1S/C17H17ClN2O2/c1-12(13-6-3-2-4-7-13)10-16(21)19-20-17(22)14-8-5-9-15(18)11-14/h2-9,11-12H,10H2,1H3,(H,19,21)(H,20,22)/t12-/m1/s1. The molecule has 0 aliphatic carbocycles. The van der Waals surface area contributed by atoms with Gasteiger partial charge < -0.3 is 0 Å². The molecule has 1 atom stereocenters. The predicted molar refractivity (Wildman–Crippen MR) is 86.5 cm³/mol. The maximum Gasteiger partial charge on any atom is 0.269 e. The molecule has 2 N–H and O–H groups in total. The van der Waals surface area contributed by atoms with Gasteiger partial charge in [-0.3, -0.25) is 20.4 Å². The molecular weight excluding hydrogens is 300 g/mol. The van der Waals surface area contributed by atoms with Crippen molar-refractivity contribution in [3.8, 4) is 0 Å². The van der Waals surface area contributed by atoms with Crippen LogP contribution in [0.2, 0.25) is 5.02 Å². The van der Waals surface area contributed by atoms with Crippen molar-refractivity contribution in [3.63, 3.8) is 0 Å². The van der Waals surface area contributed by atoms with Gasteiger partial charge in [0.2, 0.25) is 5.91 Å². The molecular formula is C17H17ClN2O2. The van der Waals surface area contributed by atoms with Gasteiger partial charge in [0, 0.05) is 17.0 Å². The number of hydrazine groups is 1. The van der Waals surface area contributed by atoms with Crippen LogP contribution in [0.1, 0.15) is 35.2 Å². The van der Waals surface area contributed by atoms with Crippen LogP contribution in [-0.2, 0) is 4.79 Å². The first-order valence-corrected chi connectivity index (χ1v) is 7.34. The highest BCUT2D eigenvalue weighted by molar-refractivity contribution is 6.30. The molecule has 0 aliphatic heterocycles. The van der Waals surface area contributed by atoms with E-state index in [2.05, 4.69) is 10.9 Å². The molecule has 22 heavy (non-hydrogen) atoms. The molecule has 0 fully saturated rings. The Kier molecular flexibility index (Phi) is 5.55. The first kappa shape index (κ1) is 16.0. The Balaban J connectivity index is 1.84. The molecule has 4 nitrogen and oxygen atoms in total. The summed E-state index contributed by atoms with van der Waals surface area (Å²) in [5.41, 5.74) is 6.28. The summed E-state index contributed by atoms with van der Waals surface area (Å²) in [6, 6.07) is 16.3. The van der Waals surface area contributed by atoms with E-state index < -0.39 is 5.91 Å². The maximum absolute atomic E-state index is 11.9. The van der Waals surface area contributed by atoms with Crippen LogP contribution in [0, 0.1) is 0 Å². The van der Waals surface area contributed by atoms with Crippen LogP contribution in [0.5, 0.6) is 0 Å². The molecule has 0 heterocycles. The number of halogens is 1. The molecule has 0 spiro atoms. The number of hydrogen-bond acceptors (Lipinski definition) is 2. The van der Waals surface area contributed by atoms with Crippen LogP contribution in [0.25, 0.3) is 0 Å². The van der Waals surface area contributed by atoms with E-state index in [1.165, 1.54) is 6.07 Å². The monoisotopic (exact) mass is 316 g/mol. The van der Waals surface area contributed by atoms with Crippen LogP contribution in [0.3, 0.4) is 0 Å². The minimum absolute atomic E-state index is 0.0734. The van der Waals surface area contributed by atoms with E-state index in [0.717, 1.165) is 5.56 Å². The number of rotatable bonds is 4. The molecule has 2 rings (SSSR count). The zero-order chi connectivity index (χ0) is 15.9. The predicted octanol–water partition coefficient (Wildman–Crippen LogP) is 3.29. The lowest BCUT2D eigenvalue weighted by Crippen LogP contribution is -2.41. The van der Waals surface area contributed by atoms with Gasteiger partial charge in [0.15, 0.2) is 0 Å². The fraction of sp³-hybridized carbons (Fsp3) is 0.176. The molecule has 2 aromatic rings. The van der Waals surface area contributed by atoms with E-state index in [0.29, 0.717) is 17.0 Å². The molecule has 0 aromatic heterocycles. The largest absolute Gasteiger partial charge is 0.273 e. The number of benzene rings is 2. The van der Waals surface area contributed by atoms with Crippen molar-refractivity contribution in [1.29, 1.82) is 0 Å². The molecule has 0 saturated heterocycles. The molecule has 0 aliphatic rings. The van der Waals surface area contributed by atoms with Crippen LogP contribution in [0.4, 0.5) is 0 Å². The van der Waals surface area contributed by atoms with Crippen molar-refractivity contribution < 1.29 is 9.59 Å². The fourth-order valence-electron chi connectivity index (χ4n) is 2.06. The van der Waals surface area contributed by atoms with E-state index in [9.17, 15) is 9.59 Å². The van der Waals surface area contributed by atoms with Crippen molar-refractivity contribution in [2.24, 2.45) is 0 Å². The molecule has 0 unspecified atom stereocenters. The summed E-state index contributed by atoms with van der Waals surface area (Å²) in [4.78, 5) is 23.8. The molecule has 0 saturated carbocycles. The van der Waals surface area contributed by atoms with E-state index in [-0.39, 0.29) is 11.8 Å². The van der Waals surface area contributed by atoms with Gasteiger partial charge in [0.1, 0.15) is 0 Å². The van der Waals surface area contributed by atoms with E-state index >= 15 is 0 Å². The summed E-state index contributed by atoms with van der Waals surface area (Å²) in [5.74, 6) is -0.570. The number of nitrogens with one attached hydrogen (secondary N) is 2. The number of carbonyl (C=O) groups is 2. The molecule has 0 radical (unpaired) electrons. The molecule has 2 aromatic carbocycles. The summed E-state index contributed by atoms with van der Waals surface area (Å²) < 4.78 is 0. The molecule has 2 amide bonds. The van der Waals surface area contributed by atoms with Crippen LogP contribution in [-0.4, -0.2) is 11.8 Å². The first-order valence-electron chi connectivity index (χ1n) is 6.96. The summed E-state index contributed by atoms with van der Waals surface area (Å²) in [5, 5.41) is 0.469. The normalized spacial score (nSPS) is 11.5. The zero-order valence-corrected chi connectivity index (χ0v) is 12.9. The Morgan fingerprint density at radius 3 is 2.45 bits per heavy atom. The van der Waals surface area contributed by atoms with Gasteiger partial charge in [-0.2, -0.15) is 0 Å². The topological polar surface area (TPSA) is 58.2 Å². The Labute approximate surface area is 134 Å². The Morgan fingerprint density at radius 2 is 1.77 bits per heavy atom. The van der Waals surface area contributed by atoms with Crippen LogP contribution in [0.15, 0.2) is 54.6 Å². The highest BCUT2D eigenvalue weighted by atomic mass is 35.5. The quantitative estimate of drug-likeness (QED) is 0.850. The van der Waals surface area contributed by atoms with Gasteiger partial charge in [-0.1, -0.05) is 54.9 Å². The summed E-state index contributed by atoms with van der Waals surface area (Å²) in [6.07, 6.45) is 0.292. The molecule has 5 heteroatoms. The van der Waals surface area contributed by atoms with Crippen LogP contribution < -0.4 is 10.9 Å². The van der Waals surface area contributed by atoms with Gasteiger partial charge in [0.05, 0.1) is 0 Å². The zero-order valence-electron chi connectivity index (χ0n) is 12.2. The Bertz CT molecular complexity index is 659. The lowest BCUT2D eigenvalue weighted by Gasteiger charge is -2.12. The van der Waals surface area contributed by atoms with Gasteiger partial charge in [0.25, 0.3) is 5.91 Å². The summed E-state index contributed by atoms with van der Waals surface area (Å²) in [6.45, 7) is 1.97. The fourth-order valence-corrected chi connectivity index (χ4v) is 2.25. The second-order valence-corrected chi connectivity index (χ2v) is 5.46. The van der Waals surface area contributed by atoms with Gasteiger partial charge in [-0.25, -0.2) is 0 Å². The lowest BCUT2D eigenvalue weighted by molar-refractivity contribution is -0.122. The minimum Gasteiger partial charge on any atom is -0.273 e. The van der Waals surface area contributed by atoms with Gasteiger partial charge >= 0.3 is 0 Å². The third-order valence-electron chi connectivity index (χ3n) is 3.26. The summed E-state index contributed by atoms with van der Waals surface area (Å²) >= 11 is 5.82. The van der Waals surface area contributed by atoms with Gasteiger partial charge in [-0.15, -0.1) is 0 Å². The highest BCUT2D eigenvalue weighted by Crippen LogP contribution is 2.17. The average Bonchev–Trinajstić information content (AvgIpc) is 2.53. The van der Waals surface area contributed by atoms with E-state index in [1.807, 2.05) is 37.3 Å².